The Labute approximate surface area is 62.9 Å². The van der Waals surface area contributed by atoms with Gasteiger partial charge in [0.15, 0.2) is 0 Å². The van der Waals surface area contributed by atoms with Gasteiger partial charge >= 0.3 is 0 Å². The van der Waals surface area contributed by atoms with E-state index in [0.29, 0.717) is 0 Å². The minimum absolute atomic E-state index is 0.0186. The summed E-state index contributed by atoms with van der Waals surface area (Å²) >= 11 is 0. The second-order valence-corrected chi connectivity index (χ2v) is 3.55. The van der Waals surface area contributed by atoms with E-state index in [1.807, 2.05) is 0 Å². The van der Waals surface area contributed by atoms with Gasteiger partial charge < -0.3 is 5.21 Å². The van der Waals surface area contributed by atoms with Gasteiger partial charge in [-0.2, -0.15) is 0 Å². The molecular formula is C8H17NO. The molecule has 0 aromatic carbocycles. The molecule has 0 aromatic heterocycles. The fourth-order valence-corrected chi connectivity index (χ4v) is 0.812. The van der Waals surface area contributed by atoms with Crippen molar-refractivity contribution in [1.29, 1.82) is 0 Å². The molecule has 0 saturated heterocycles. The summed E-state index contributed by atoms with van der Waals surface area (Å²) in [5, 5.41) is 11.8. The minimum atomic E-state index is 0.0186. The number of hydrogen-bond donors (Lipinski definition) is 1. The summed E-state index contributed by atoms with van der Waals surface area (Å²) in [6, 6.07) is 0. The molecule has 60 valence electrons. The molecule has 0 saturated carbocycles. The highest BCUT2D eigenvalue weighted by molar-refractivity contribution is 5.88. The third-order valence-electron chi connectivity index (χ3n) is 1.47. The number of oxime groups is 1. The lowest BCUT2D eigenvalue weighted by Gasteiger charge is -2.18. The Morgan fingerprint density at radius 1 is 1.40 bits per heavy atom. The van der Waals surface area contributed by atoms with Gasteiger partial charge in [-0.1, -0.05) is 39.3 Å². The van der Waals surface area contributed by atoms with Gasteiger partial charge in [0.05, 0.1) is 5.71 Å². The van der Waals surface area contributed by atoms with Crippen LogP contribution in [0.1, 0.15) is 40.5 Å². The van der Waals surface area contributed by atoms with Crippen LogP contribution in [0.2, 0.25) is 0 Å². The standard InChI is InChI=1S/C8H17NO/c1-5-6-7(9-10)8(2,3)4/h10H,5-6H2,1-4H3/b9-7-. The van der Waals surface area contributed by atoms with Gasteiger partial charge in [-0.15, -0.1) is 0 Å². The Kier molecular flexibility index (Phi) is 3.40. The van der Waals surface area contributed by atoms with Crippen molar-refractivity contribution in [3.63, 3.8) is 0 Å². The van der Waals surface area contributed by atoms with Gasteiger partial charge in [-0.05, 0) is 6.42 Å². The Balaban J connectivity index is 4.10. The number of nitrogens with zero attached hydrogens (tertiary/aromatic N) is 1. The molecule has 0 spiro atoms. The van der Waals surface area contributed by atoms with Crippen LogP contribution in [0.3, 0.4) is 0 Å². The maximum absolute atomic E-state index is 8.58. The van der Waals surface area contributed by atoms with Crippen molar-refractivity contribution in [1.82, 2.24) is 0 Å². The van der Waals surface area contributed by atoms with Crippen molar-refractivity contribution in [2.75, 3.05) is 0 Å². The van der Waals surface area contributed by atoms with E-state index in [4.69, 9.17) is 5.21 Å². The molecule has 0 radical (unpaired) electrons. The van der Waals surface area contributed by atoms with Crippen LogP contribution in [-0.4, -0.2) is 10.9 Å². The summed E-state index contributed by atoms with van der Waals surface area (Å²) in [4.78, 5) is 0. The smallest absolute Gasteiger partial charge is 0.0624 e. The molecule has 2 heteroatoms. The maximum Gasteiger partial charge on any atom is 0.0624 e. The third kappa shape index (κ3) is 2.85. The van der Waals surface area contributed by atoms with Gasteiger partial charge in [0.2, 0.25) is 0 Å². The van der Waals surface area contributed by atoms with Gasteiger partial charge in [-0.25, -0.2) is 0 Å². The first kappa shape index (κ1) is 9.47. The van der Waals surface area contributed by atoms with Gasteiger partial charge in [0.25, 0.3) is 0 Å². The summed E-state index contributed by atoms with van der Waals surface area (Å²) in [6.45, 7) is 8.24. The van der Waals surface area contributed by atoms with Crippen molar-refractivity contribution in [2.24, 2.45) is 10.6 Å². The van der Waals surface area contributed by atoms with Gasteiger partial charge in [0.1, 0.15) is 0 Å². The lowest BCUT2D eigenvalue weighted by molar-refractivity contribution is 0.308. The van der Waals surface area contributed by atoms with E-state index >= 15 is 0 Å². The van der Waals surface area contributed by atoms with Crippen molar-refractivity contribution < 1.29 is 5.21 Å². The van der Waals surface area contributed by atoms with E-state index in [1.54, 1.807) is 0 Å². The molecule has 0 amide bonds. The van der Waals surface area contributed by atoms with Gasteiger partial charge in [-0.3, -0.25) is 0 Å². The summed E-state index contributed by atoms with van der Waals surface area (Å²) < 4.78 is 0. The first-order chi connectivity index (χ1) is 4.52. The summed E-state index contributed by atoms with van der Waals surface area (Å²) in [6.07, 6.45) is 1.93. The zero-order valence-corrected chi connectivity index (χ0v) is 7.31. The molecule has 0 atom stereocenters. The second kappa shape index (κ2) is 3.59. The number of rotatable bonds is 2. The van der Waals surface area contributed by atoms with Crippen LogP contribution in [0, 0.1) is 5.41 Å². The van der Waals surface area contributed by atoms with Crippen LogP contribution in [0.25, 0.3) is 0 Å². The lowest BCUT2D eigenvalue weighted by atomic mass is 9.87. The van der Waals surface area contributed by atoms with Crippen molar-refractivity contribution in [3.05, 3.63) is 0 Å². The molecule has 0 unspecified atom stereocenters. The van der Waals surface area contributed by atoms with Gasteiger partial charge in [0, 0.05) is 5.41 Å². The van der Waals surface area contributed by atoms with E-state index < -0.39 is 0 Å². The molecule has 1 N–H and O–H groups in total. The fraction of sp³-hybridized carbons (Fsp3) is 0.875. The Morgan fingerprint density at radius 3 is 2.00 bits per heavy atom. The predicted molar refractivity (Wildman–Crippen MR) is 43.6 cm³/mol. The van der Waals surface area contributed by atoms with Crippen LogP contribution >= 0.6 is 0 Å². The largest absolute Gasteiger partial charge is 0.411 e. The summed E-state index contributed by atoms with van der Waals surface area (Å²) in [7, 11) is 0. The molecule has 0 aromatic rings. The highest BCUT2D eigenvalue weighted by Gasteiger charge is 2.17. The monoisotopic (exact) mass is 143 g/mol. The Hall–Kier alpha value is -0.530. The van der Waals surface area contributed by atoms with E-state index in [-0.39, 0.29) is 5.41 Å². The maximum atomic E-state index is 8.58. The quantitative estimate of drug-likeness (QED) is 0.360. The average molecular weight is 143 g/mol. The fourth-order valence-electron chi connectivity index (χ4n) is 0.812. The summed E-state index contributed by atoms with van der Waals surface area (Å²) in [5.41, 5.74) is 0.903. The molecule has 0 aliphatic heterocycles. The zero-order chi connectivity index (χ0) is 8.20. The van der Waals surface area contributed by atoms with Crippen molar-refractivity contribution >= 4 is 5.71 Å². The van der Waals surface area contributed by atoms with Crippen molar-refractivity contribution in [3.8, 4) is 0 Å². The van der Waals surface area contributed by atoms with E-state index in [1.165, 1.54) is 0 Å². The lowest BCUT2D eigenvalue weighted by Crippen LogP contribution is -2.19. The second-order valence-electron chi connectivity index (χ2n) is 3.55. The highest BCUT2D eigenvalue weighted by Crippen LogP contribution is 2.18. The van der Waals surface area contributed by atoms with E-state index in [9.17, 15) is 0 Å². The van der Waals surface area contributed by atoms with E-state index in [0.717, 1.165) is 18.6 Å². The average Bonchev–Trinajstić information content (AvgIpc) is 1.80. The van der Waals surface area contributed by atoms with Crippen LogP contribution in [0.5, 0.6) is 0 Å². The number of hydrogen-bond acceptors (Lipinski definition) is 2. The summed E-state index contributed by atoms with van der Waals surface area (Å²) in [5.74, 6) is 0. The molecule has 0 aliphatic rings. The van der Waals surface area contributed by atoms with E-state index in [2.05, 4.69) is 32.9 Å². The highest BCUT2D eigenvalue weighted by atomic mass is 16.4. The molecule has 2 nitrogen and oxygen atoms in total. The first-order valence-corrected chi connectivity index (χ1v) is 3.73. The molecule has 0 fully saturated rings. The normalized spacial score (nSPS) is 13.8. The van der Waals surface area contributed by atoms with Crippen LogP contribution in [0.4, 0.5) is 0 Å². The molecule has 0 rings (SSSR count). The van der Waals surface area contributed by atoms with Crippen LogP contribution in [0.15, 0.2) is 5.16 Å². The first-order valence-electron chi connectivity index (χ1n) is 3.73. The zero-order valence-electron chi connectivity index (χ0n) is 7.31. The van der Waals surface area contributed by atoms with Crippen LogP contribution in [-0.2, 0) is 0 Å². The molecule has 0 bridgehead atoms. The Bertz CT molecular complexity index is 122. The molecule has 0 heterocycles. The van der Waals surface area contributed by atoms with Crippen LogP contribution < -0.4 is 0 Å². The SMILES string of the molecule is CCC/C(=N/O)C(C)(C)C. The Morgan fingerprint density at radius 2 is 1.90 bits per heavy atom. The topological polar surface area (TPSA) is 32.6 Å². The molecular weight excluding hydrogens is 126 g/mol. The molecule has 0 aliphatic carbocycles. The third-order valence-corrected chi connectivity index (χ3v) is 1.47. The molecule has 10 heavy (non-hydrogen) atoms. The predicted octanol–water partition coefficient (Wildman–Crippen LogP) is 2.66. The van der Waals surface area contributed by atoms with Crippen molar-refractivity contribution in [2.45, 2.75) is 40.5 Å². The minimum Gasteiger partial charge on any atom is -0.411 e.